The van der Waals surface area contributed by atoms with E-state index >= 15 is 0 Å². The zero-order valence-corrected chi connectivity index (χ0v) is 6.96. The summed E-state index contributed by atoms with van der Waals surface area (Å²) >= 11 is 0. The summed E-state index contributed by atoms with van der Waals surface area (Å²) in [5, 5.41) is 2.68. The molecule has 0 spiro atoms. The Morgan fingerprint density at radius 1 is 1.27 bits per heavy atom. The molecule has 11 heavy (non-hydrogen) atoms. The maximum atomic E-state index is 5.34. The van der Waals surface area contributed by atoms with Crippen LogP contribution in [0.15, 0.2) is 24.3 Å². The van der Waals surface area contributed by atoms with Crippen LogP contribution in [0.25, 0.3) is 0 Å². The van der Waals surface area contributed by atoms with E-state index in [4.69, 9.17) is 7.98 Å². The van der Waals surface area contributed by atoms with Crippen molar-refractivity contribution in [3.05, 3.63) is 29.8 Å². The molecule has 2 radical (unpaired) electrons. The van der Waals surface area contributed by atoms with E-state index in [1.165, 1.54) is 5.56 Å². The van der Waals surface area contributed by atoms with Crippen molar-refractivity contribution in [1.29, 1.82) is 0 Å². The van der Waals surface area contributed by atoms with Gasteiger partial charge in [-0.2, -0.15) is 0 Å². The van der Waals surface area contributed by atoms with Crippen LogP contribution in [-0.2, 0) is 0 Å². The molecule has 0 saturated heterocycles. The van der Waals surface area contributed by atoms with Crippen LogP contribution in [0.3, 0.4) is 0 Å². The average Bonchev–Trinajstić information content (AvgIpc) is 2.04. The minimum Gasteiger partial charge on any atom is -0.437 e. The van der Waals surface area contributed by atoms with Gasteiger partial charge in [0.1, 0.15) is 0 Å². The van der Waals surface area contributed by atoms with Crippen molar-refractivity contribution >= 4 is 13.7 Å². The van der Waals surface area contributed by atoms with Gasteiger partial charge in [-0.3, -0.25) is 0 Å². The predicted octanol–water partition coefficient (Wildman–Crippen LogP) is 2.31. The number of hydrogen-bond donors (Lipinski definition) is 1. The van der Waals surface area contributed by atoms with Crippen molar-refractivity contribution in [2.24, 2.45) is 0 Å². The van der Waals surface area contributed by atoms with Gasteiger partial charge < -0.3 is 5.23 Å². The third-order valence-electron chi connectivity index (χ3n) is 1.74. The van der Waals surface area contributed by atoms with E-state index in [1.54, 1.807) is 0 Å². The van der Waals surface area contributed by atoms with Gasteiger partial charge in [-0.15, -0.1) is 0 Å². The highest BCUT2D eigenvalue weighted by Gasteiger charge is 2.01. The zero-order valence-electron chi connectivity index (χ0n) is 6.96. The minimum atomic E-state index is 0.516. The molecule has 0 aliphatic carbocycles. The molecule has 1 rings (SSSR count). The van der Waals surface area contributed by atoms with Crippen LogP contribution >= 0.6 is 0 Å². The number of nitrogens with one attached hydrogen (secondary N) is 1. The van der Waals surface area contributed by atoms with Crippen LogP contribution in [-0.4, -0.2) is 7.98 Å². The van der Waals surface area contributed by atoms with Crippen LogP contribution < -0.4 is 5.23 Å². The fourth-order valence-corrected chi connectivity index (χ4v) is 1.13. The number of rotatable bonds is 2. The summed E-state index contributed by atoms with van der Waals surface area (Å²) in [6, 6.07) is 8.06. The van der Waals surface area contributed by atoms with E-state index < -0.39 is 0 Å². The minimum absolute atomic E-state index is 0.516. The van der Waals surface area contributed by atoms with Crippen LogP contribution in [0.4, 0.5) is 5.69 Å². The smallest absolute Gasteiger partial charge is 0.222 e. The lowest BCUT2D eigenvalue weighted by Crippen LogP contribution is -1.97. The summed E-state index contributed by atoms with van der Waals surface area (Å²) in [5.74, 6) is 0.516. The van der Waals surface area contributed by atoms with Crippen LogP contribution in [0.1, 0.15) is 25.3 Å². The highest BCUT2D eigenvalue weighted by molar-refractivity contribution is 6.16. The lowest BCUT2D eigenvalue weighted by atomic mass is 10.0. The Morgan fingerprint density at radius 3 is 2.36 bits per heavy atom. The number of anilines is 1. The average molecular weight is 145 g/mol. The molecular weight excluding hydrogens is 133 g/mol. The lowest BCUT2D eigenvalue weighted by molar-refractivity contribution is 0.870. The van der Waals surface area contributed by atoms with Crippen molar-refractivity contribution in [2.75, 3.05) is 5.23 Å². The summed E-state index contributed by atoms with van der Waals surface area (Å²) < 4.78 is 0. The quantitative estimate of drug-likeness (QED) is 0.629. The topological polar surface area (TPSA) is 12.0 Å². The monoisotopic (exact) mass is 145 g/mol. The van der Waals surface area contributed by atoms with Gasteiger partial charge in [0.15, 0.2) is 0 Å². The fourth-order valence-electron chi connectivity index (χ4n) is 1.13. The first-order chi connectivity index (χ1) is 5.25. The molecule has 0 aliphatic heterocycles. The van der Waals surface area contributed by atoms with Gasteiger partial charge in [-0.25, -0.2) is 0 Å². The van der Waals surface area contributed by atoms with Crippen molar-refractivity contribution in [3.8, 4) is 0 Å². The van der Waals surface area contributed by atoms with E-state index in [-0.39, 0.29) is 0 Å². The van der Waals surface area contributed by atoms with Crippen LogP contribution in [0.2, 0.25) is 0 Å². The number of para-hydroxylation sites is 1. The second-order valence-electron chi connectivity index (χ2n) is 2.89. The molecule has 2 heteroatoms. The highest BCUT2D eigenvalue weighted by atomic mass is 14.7. The van der Waals surface area contributed by atoms with E-state index in [0.29, 0.717) is 5.92 Å². The summed E-state index contributed by atoms with van der Waals surface area (Å²) in [5.41, 5.74) is 2.28. The summed E-state index contributed by atoms with van der Waals surface area (Å²) in [7, 11) is 5.34. The summed E-state index contributed by atoms with van der Waals surface area (Å²) in [4.78, 5) is 0. The van der Waals surface area contributed by atoms with E-state index in [0.717, 1.165) is 5.69 Å². The Hall–Kier alpha value is -0.915. The lowest BCUT2D eigenvalue weighted by Gasteiger charge is -2.11. The standard InChI is InChI=1S/C9H12BN/c1-7(2)8-5-3-4-6-9(8)11-10/h3-7,11H,1-2H3. The van der Waals surface area contributed by atoms with Crippen molar-refractivity contribution in [2.45, 2.75) is 19.8 Å². The van der Waals surface area contributed by atoms with E-state index in [2.05, 4.69) is 25.1 Å². The maximum Gasteiger partial charge on any atom is 0.222 e. The molecule has 0 atom stereocenters. The van der Waals surface area contributed by atoms with Gasteiger partial charge in [-0.05, 0) is 17.5 Å². The zero-order chi connectivity index (χ0) is 8.27. The first-order valence-electron chi connectivity index (χ1n) is 3.81. The molecule has 0 amide bonds. The molecule has 0 unspecified atom stereocenters. The Balaban J connectivity index is 3.02. The summed E-state index contributed by atoms with van der Waals surface area (Å²) in [6.07, 6.45) is 0. The molecule has 0 bridgehead atoms. The third-order valence-corrected chi connectivity index (χ3v) is 1.74. The molecule has 0 heterocycles. The largest absolute Gasteiger partial charge is 0.437 e. The second kappa shape index (κ2) is 3.47. The molecule has 0 aliphatic rings. The van der Waals surface area contributed by atoms with E-state index in [1.807, 2.05) is 18.2 Å². The van der Waals surface area contributed by atoms with Gasteiger partial charge in [0, 0.05) is 5.69 Å². The molecule has 1 nitrogen and oxygen atoms in total. The van der Waals surface area contributed by atoms with Gasteiger partial charge in [0.2, 0.25) is 7.98 Å². The first kappa shape index (κ1) is 8.18. The molecule has 56 valence electrons. The molecule has 1 aromatic carbocycles. The second-order valence-corrected chi connectivity index (χ2v) is 2.89. The number of benzene rings is 1. The first-order valence-corrected chi connectivity index (χ1v) is 3.81. The highest BCUT2D eigenvalue weighted by Crippen LogP contribution is 2.22. The van der Waals surface area contributed by atoms with Crippen LogP contribution in [0.5, 0.6) is 0 Å². The predicted molar refractivity (Wildman–Crippen MR) is 49.9 cm³/mol. The Bertz CT molecular complexity index is 233. The van der Waals surface area contributed by atoms with Gasteiger partial charge in [-0.1, -0.05) is 32.0 Å². The Kier molecular flexibility index (Phi) is 2.58. The van der Waals surface area contributed by atoms with E-state index in [9.17, 15) is 0 Å². The van der Waals surface area contributed by atoms with Gasteiger partial charge >= 0.3 is 0 Å². The number of hydrogen-bond acceptors (Lipinski definition) is 1. The van der Waals surface area contributed by atoms with Crippen LogP contribution in [0, 0.1) is 0 Å². The Morgan fingerprint density at radius 2 is 1.91 bits per heavy atom. The normalized spacial score (nSPS) is 10.1. The van der Waals surface area contributed by atoms with Crippen molar-refractivity contribution in [3.63, 3.8) is 0 Å². The maximum absolute atomic E-state index is 5.34. The SMILES string of the molecule is [B]Nc1ccccc1C(C)C. The van der Waals surface area contributed by atoms with Gasteiger partial charge in [0.05, 0.1) is 0 Å². The molecule has 0 saturated carbocycles. The summed E-state index contributed by atoms with van der Waals surface area (Å²) in [6.45, 7) is 4.30. The fraction of sp³-hybridized carbons (Fsp3) is 0.333. The third kappa shape index (κ3) is 1.76. The van der Waals surface area contributed by atoms with Crippen molar-refractivity contribution < 1.29 is 0 Å². The van der Waals surface area contributed by atoms with Gasteiger partial charge in [0.25, 0.3) is 0 Å². The molecule has 1 aromatic rings. The molecular formula is C9H12BN. The Labute approximate surface area is 69.3 Å². The molecule has 1 N–H and O–H groups in total. The molecule has 0 aromatic heterocycles. The van der Waals surface area contributed by atoms with Crippen molar-refractivity contribution in [1.82, 2.24) is 0 Å². The molecule has 0 fully saturated rings.